The molecule has 0 saturated carbocycles. The van der Waals surface area contributed by atoms with E-state index < -0.39 is 11.7 Å². The van der Waals surface area contributed by atoms with Gasteiger partial charge in [0.15, 0.2) is 5.82 Å². The Hall–Kier alpha value is -2.15. The Kier molecular flexibility index (Phi) is 4.42. The van der Waals surface area contributed by atoms with Crippen molar-refractivity contribution in [2.45, 2.75) is 12.8 Å². The van der Waals surface area contributed by atoms with Gasteiger partial charge in [-0.3, -0.25) is 0 Å². The standard InChI is InChI=1S/C14H14F3N3O/c1-18-12-7-11(19-13(20-12)8-21-2)9-3-5-10(6-4-9)14(15,16)17/h3-7H,8H2,1-2H3,(H,18,19,20). The first-order chi connectivity index (χ1) is 9.94. The third-order valence-corrected chi connectivity index (χ3v) is 2.81. The van der Waals surface area contributed by atoms with Crippen molar-refractivity contribution >= 4 is 5.82 Å². The lowest BCUT2D eigenvalue weighted by Gasteiger charge is -2.09. The highest BCUT2D eigenvalue weighted by atomic mass is 19.4. The van der Waals surface area contributed by atoms with E-state index in [1.54, 1.807) is 13.1 Å². The molecule has 2 rings (SSSR count). The van der Waals surface area contributed by atoms with Gasteiger partial charge in [-0.25, -0.2) is 9.97 Å². The summed E-state index contributed by atoms with van der Waals surface area (Å²) in [5.41, 5.74) is 0.431. The van der Waals surface area contributed by atoms with E-state index in [2.05, 4.69) is 15.3 Å². The molecule has 0 spiro atoms. The molecule has 4 nitrogen and oxygen atoms in total. The minimum absolute atomic E-state index is 0.225. The van der Waals surface area contributed by atoms with Crippen LogP contribution in [0, 0.1) is 0 Å². The SMILES string of the molecule is CNc1cc(-c2ccc(C(F)(F)F)cc2)nc(COC)n1. The molecule has 0 saturated heterocycles. The topological polar surface area (TPSA) is 47.0 Å². The van der Waals surface area contributed by atoms with Crippen LogP contribution in [0.5, 0.6) is 0 Å². The van der Waals surface area contributed by atoms with Gasteiger partial charge in [-0.1, -0.05) is 12.1 Å². The summed E-state index contributed by atoms with van der Waals surface area (Å²) in [5.74, 6) is 1.03. The molecule has 1 N–H and O–H groups in total. The first kappa shape index (κ1) is 15.2. The van der Waals surface area contributed by atoms with E-state index >= 15 is 0 Å². The number of hydrogen-bond acceptors (Lipinski definition) is 4. The maximum absolute atomic E-state index is 12.6. The first-order valence-electron chi connectivity index (χ1n) is 6.16. The number of alkyl halides is 3. The van der Waals surface area contributed by atoms with Gasteiger partial charge in [-0.2, -0.15) is 13.2 Å². The van der Waals surface area contributed by atoms with Crippen LogP contribution in [0.25, 0.3) is 11.3 Å². The molecular weight excluding hydrogens is 283 g/mol. The van der Waals surface area contributed by atoms with Gasteiger partial charge in [0.25, 0.3) is 0 Å². The summed E-state index contributed by atoms with van der Waals surface area (Å²) in [4.78, 5) is 8.47. The predicted molar refractivity (Wildman–Crippen MR) is 72.7 cm³/mol. The molecule has 0 aliphatic rings. The van der Waals surface area contributed by atoms with Crippen LogP contribution in [0.4, 0.5) is 19.0 Å². The summed E-state index contributed by atoms with van der Waals surface area (Å²) in [6, 6.07) is 6.52. The van der Waals surface area contributed by atoms with E-state index in [4.69, 9.17) is 4.74 Å². The van der Waals surface area contributed by atoms with Gasteiger partial charge in [-0.15, -0.1) is 0 Å². The van der Waals surface area contributed by atoms with Crippen LogP contribution in [0.15, 0.2) is 30.3 Å². The van der Waals surface area contributed by atoms with E-state index in [0.717, 1.165) is 12.1 Å². The highest BCUT2D eigenvalue weighted by Crippen LogP contribution is 2.30. The van der Waals surface area contributed by atoms with Gasteiger partial charge in [-0.05, 0) is 12.1 Å². The third-order valence-electron chi connectivity index (χ3n) is 2.81. The molecule has 21 heavy (non-hydrogen) atoms. The minimum atomic E-state index is -4.35. The molecular formula is C14H14F3N3O. The van der Waals surface area contributed by atoms with Gasteiger partial charge >= 0.3 is 6.18 Å². The third kappa shape index (κ3) is 3.69. The second-order valence-electron chi connectivity index (χ2n) is 4.31. The van der Waals surface area contributed by atoms with Crippen molar-refractivity contribution in [2.24, 2.45) is 0 Å². The highest BCUT2D eigenvalue weighted by Gasteiger charge is 2.30. The fourth-order valence-corrected chi connectivity index (χ4v) is 1.80. The number of rotatable bonds is 4. The number of anilines is 1. The Morgan fingerprint density at radius 1 is 1.14 bits per heavy atom. The summed E-state index contributed by atoms with van der Waals surface area (Å²) in [6.45, 7) is 0.225. The molecule has 0 aliphatic carbocycles. The van der Waals surface area contributed by atoms with Crippen LogP contribution in [0.1, 0.15) is 11.4 Å². The van der Waals surface area contributed by atoms with Crippen LogP contribution >= 0.6 is 0 Å². The molecule has 0 unspecified atom stereocenters. The normalized spacial score (nSPS) is 11.5. The number of hydrogen-bond donors (Lipinski definition) is 1. The van der Waals surface area contributed by atoms with Crippen molar-refractivity contribution in [1.29, 1.82) is 0 Å². The maximum Gasteiger partial charge on any atom is 0.416 e. The summed E-state index contributed by atoms with van der Waals surface area (Å²) in [7, 11) is 3.22. The zero-order chi connectivity index (χ0) is 15.5. The summed E-state index contributed by atoms with van der Waals surface area (Å²) in [5, 5.41) is 2.88. The van der Waals surface area contributed by atoms with Crippen molar-refractivity contribution in [3.8, 4) is 11.3 Å². The van der Waals surface area contributed by atoms with Gasteiger partial charge in [0.05, 0.1) is 11.3 Å². The van der Waals surface area contributed by atoms with Gasteiger partial charge in [0, 0.05) is 25.8 Å². The van der Waals surface area contributed by atoms with Gasteiger partial charge in [0.1, 0.15) is 12.4 Å². The molecule has 112 valence electrons. The van der Waals surface area contributed by atoms with Crippen molar-refractivity contribution in [3.63, 3.8) is 0 Å². The molecule has 1 aromatic heterocycles. The Bertz CT molecular complexity index is 612. The predicted octanol–water partition coefficient (Wildman–Crippen LogP) is 3.35. The number of methoxy groups -OCH3 is 1. The number of nitrogens with zero attached hydrogens (tertiary/aromatic N) is 2. The Morgan fingerprint density at radius 2 is 1.81 bits per heavy atom. The largest absolute Gasteiger partial charge is 0.416 e. The zero-order valence-electron chi connectivity index (χ0n) is 11.5. The molecule has 0 aliphatic heterocycles. The van der Waals surface area contributed by atoms with E-state index in [1.807, 2.05) is 0 Å². The highest BCUT2D eigenvalue weighted by molar-refractivity contribution is 5.62. The van der Waals surface area contributed by atoms with E-state index in [-0.39, 0.29) is 6.61 Å². The monoisotopic (exact) mass is 297 g/mol. The number of benzene rings is 1. The molecule has 0 bridgehead atoms. The van der Waals surface area contributed by atoms with E-state index in [1.165, 1.54) is 19.2 Å². The Labute approximate surface area is 120 Å². The lowest BCUT2D eigenvalue weighted by molar-refractivity contribution is -0.137. The maximum atomic E-state index is 12.6. The second kappa shape index (κ2) is 6.09. The molecule has 1 aromatic carbocycles. The summed E-state index contributed by atoms with van der Waals surface area (Å²) < 4.78 is 42.6. The quantitative estimate of drug-likeness (QED) is 0.940. The number of nitrogens with one attached hydrogen (secondary N) is 1. The fraction of sp³-hybridized carbons (Fsp3) is 0.286. The lowest BCUT2D eigenvalue weighted by Crippen LogP contribution is -2.05. The second-order valence-corrected chi connectivity index (χ2v) is 4.31. The molecule has 0 radical (unpaired) electrons. The molecule has 0 amide bonds. The summed E-state index contributed by atoms with van der Waals surface area (Å²) >= 11 is 0. The van der Waals surface area contributed by atoms with Crippen molar-refractivity contribution in [1.82, 2.24) is 9.97 Å². The minimum Gasteiger partial charge on any atom is -0.377 e. The molecule has 1 heterocycles. The van der Waals surface area contributed by atoms with Crippen LogP contribution in [-0.4, -0.2) is 24.1 Å². The van der Waals surface area contributed by atoms with Gasteiger partial charge in [0.2, 0.25) is 0 Å². The number of aromatic nitrogens is 2. The smallest absolute Gasteiger partial charge is 0.377 e. The van der Waals surface area contributed by atoms with Gasteiger partial charge < -0.3 is 10.1 Å². The van der Waals surface area contributed by atoms with Crippen LogP contribution in [-0.2, 0) is 17.5 Å². The Balaban J connectivity index is 2.39. The van der Waals surface area contributed by atoms with Crippen molar-refractivity contribution in [2.75, 3.05) is 19.5 Å². The van der Waals surface area contributed by atoms with Crippen molar-refractivity contribution in [3.05, 3.63) is 41.7 Å². The van der Waals surface area contributed by atoms with Crippen LogP contribution < -0.4 is 5.32 Å². The summed E-state index contributed by atoms with van der Waals surface area (Å²) in [6.07, 6.45) is -4.35. The average molecular weight is 297 g/mol. The van der Waals surface area contributed by atoms with E-state index in [9.17, 15) is 13.2 Å². The number of halogens is 3. The number of ether oxygens (including phenoxy) is 1. The van der Waals surface area contributed by atoms with Crippen LogP contribution in [0.2, 0.25) is 0 Å². The average Bonchev–Trinajstić information content (AvgIpc) is 2.46. The molecule has 0 atom stereocenters. The molecule has 0 fully saturated rings. The first-order valence-corrected chi connectivity index (χ1v) is 6.16. The molecule has 2 aromatic rings. The fourth-order valence-electron chi connectivity index (χ4n) is 1.80. The van der Waals surface area contributed by atoms with E-state index in [0.29, 0.717) is 22.9 Å². The molecule has 7 heteroatoms. The van der Waals surface area contributed by atoms with Crippen molar-refractivity contribution < 1.29 is 17.9 Å². The Morgan fingerprint density at radius 3 is 2.33 bits per heavy atom. The van der Waals surface area contributed by atoms with Crippen LogP contribution in [0.3, 0.4) is 0 Å². The zero-order valence-corrected chi connectivity index (χ0v) is 11.5. The lowest BCUT2D eigenvalue weighted by atomic mass is 10.1.